The van der Waals surface area contributed by atoms with Gasteiger partial charge in [0.1, 0.15) is 0 Å². The molecule has 1 aliphatic heterocycles. The number of H-pyrrole nitrogens is 1. The van der Waals surface area contributed by atoms with E-state index in [9.17, 15) is 9.90 Å². The van der Waals surface area contributed by atoms with Crippen molar-refractivity contribution in [2.24, 2.45) is 0 Å². The van der Waals surface area contributed by atoms with E-state index < -0.39 is 10.9 Å². The van der Waals surface area contributed by atoms with Crippen molar-refractivity contribution in [2.75, 3.05) is 5.75 Å². The molecule has 2 N–H and O–H groups in total. The largest absolute Gasteiger partial charge is 0.494 e. The van der Waals surface area contributed by atoms with E-state index in [0.29, 0.717) is 11.3 Å². The van der Waals surface area contributed by atoms with Gasteiger partial charge in [0.15, 0.2) is 5.78 Å². The number of benzene rings is 1. The molecule has 0 amide bonds. The summed E-state index contributed by atoms with van der Waals surface area (Å²) >= 11 is 0. The van der Waals surface area contributed by atoms with Gasteiger partial charge in [-0.25, -0.2) is 10.9 Å². The summed E-state index contributed by atoms with van der Waals surface area (Å²) in [6, 6.07) is 7.45. The van der Waals surface area contributed by atoms with Crippen molar-refractivity contribution in [1.29, 1.82) is 0 Å². The lowest BCUT2D eigenvalue weighted by Crippen LogP contribution is -2.03. The van der Waals surface area contributed by atoms with Crippen LogP contribution in [0.4, 0.5) is 0 Å². The van der Waals surface area contributed by atoms with Crippen molar-refractivity contribution in [1.82, 2.24) is 4.98 Å². The lowest BCUT2D eigenvalue weighted by molar-refractivity contribution is 0.102. The Morgan fingerprint density at radius 2 is 1.94 bits per heavy atom. The third kappa shape index (κ3) is 1.84. The first-order chi connectivity index (χ1) is 8.75. The molecule has 0 saturated heterocycles. The third-order valence-corrected chi connectivity index (χ3v) is 4.72. The summed E-state index contributed by atoms with van der Waals surface area (Å²) in [5, 5.41) is 14.8. The predicted molar refractivity (Wildman–Crippen MR) is 76.4 cm³/mol. The maximum Gasteiger partial charge on any atom is 0.200 e. The van der Waals surface area contributed by atoms with Gasteiger partial charge >= 0.3 is 0 Å². The maximum atomic E-state index is 12.3. The van der Waals surface area contributed by atoms with Crippen molar-refractivity contribution in [3.05, 3.63) is 52.8 Å². The van der Waals surface area contributed by atoms with Crippen molar-refractivity contribution in [2.45, 2.75) is 0 Å². The summed E-state index contributed by atoms with van der Waals surface area (Å²) in [5.41, 5.74) is 1.21. The molecule has 0 radical (unpaired) electrons. The SMILES string of the molecule is O=C(C[SH]1C=CC=C1)c1c(O)[nH]c2ccccc12. The van der Waals surface area contributed by atoms with E-state index in [1.807, 2.05) is 36.4 Å². The Morgan fingerprint density at radius 1 is 1.22 bits per heavy atom. The Balaban J connectivity index is 1.98. The van der Waals surface area contributed by atoms with Gasteiger partial charge in [-0.05, 0) is 16.9 Å². The van der Waals surface area contributed by atoms with Gasteiger partial charge in [0, 0.05) is 16.7 Å². The highest BCUT2D eigenvalue weighted by molar-refractivity contribution is 8.22. The second kappa shape index (κ2) is 4.38. The van der Waals surface area contributed by atoms with E-state index in [0.717, 1.165) is 10.9 Å². The number of thiol groups is 1. The molecular formula is C14H13NO2S. The second-order valence-electron chi connectivity index (χ2n) is 4.17. The Kier molecular flexibility index (Phi) is 2.72. The molecule has 3 rings (SSSR count). The molecule has 4 heteroatoms. The number of carbonyl (C=O) groups excluding carboxylic acids is 1. The molecule has 18 heavy (non-hydrogen) atoms. The van der Waals surface area contributed by atoms with Crippen LogP contribution in [0, 0.1) is 0 Å². The number of nitrogens with one attached hydrogen (secondary N) is 1. The predicted octanol–water partition coefficient (Wildman–Crippen LogP) is 3.10. The zero-order chi connectivity index (χ0) is 12.5. The quantitative estimate of drug-likeness (QED) is 0.586. The lowest BCUT2D eigenvalue weighted by Gasteiger charge is -2.08. The summed E-state index contributed by atoms with van der Waals surface area (Å²) in [5.74, 6) is 0.424. The maximum absolute atomic E-state index is 12.3. The van der Waals surface area contributed by atoms with E-state index in [2.05, 4.69) is 15.8 Å². The fraction of sp³-hybridized carbons (Fsp3) is 0.0714. The van der Waals surface area contributed by atoms with Crippen LogP contribution >= 0.6 is 10.9 Å². The van der Waals surface area contributed by atoms with Crippen LogP contribution in [0.25, 0.3) is 10.9 Å². The summed E-state index contributed by atoms with van der Waals surface area (Å²) in [6.07, 6.45) is 3.93. The summed E-state index contributed by atoms with van der Waals surface area (Å²) in [4.78, 5) is 15.1. The Morgan fingerprint density at radius 3 is 2.72 bits per heavy atom. The first kappa shape index (κ1) is 11.2. The highest BCUT2D eigenvalue weighted by Crippen LogP contribution is 2.35. The van der Waals surface area contributed by atoms with Gasteiger partial charge in [0.05, 0.1) is 5.56 Å². The van der Waals surface area contributed by atoms with Gasteiger partial charge in [0.2, 0.25) is 5.88 Å². The van der Waals surface area contributed by atoms with Crippen molar-refractivity contribution in [3.8, 4) is 5.88 Å². The molecule has 0 fully saturated rings. The van der Waals surface area contributed by atoms with Gasteiger partial charge in [-0.3, -0.25) is 4.79 Å². The molecule has 3 nitrogen and oxygen atoms in total. The monoisotopic (exact) mass is 259 g/mol. The highest BCUT2D eigenvalue weighted by atomic mass is 32.2. The van der Waals surface area contributed by atoms with Crippen LogP contribution < -0.4 is 0 Å². The van der Waals surface area contributed by atoms with Crippen molar-refractivity contribution in [3.63, 3.8) is 0 Å². The zero-order valence-electron chi connectivity index (χ0n) is 9.63. The van der Waals surface area contributed by atoms with E-state index in [4.69, 9.17) is 0 Å². The number of allylic oxidation sites excluding steroid dienone is 2. The first-order valence-corrected chi connectivity index (χ1v) is 7.36. The fourth-order valence-electron chi connectivity index (χ4n) is 2.13. The number of fused-ring (bicyclic) bond motifs is 1. The smallest absolute Gasteiger partial charge is 0.200 e. The van der Waals surface area contributed by atoms with E-state index in [1.54, 1.807) is 0 Å². The molecule has 0 unspecified atom stereocenters. The Hall–Kier alpha value is -1.94. The second-order valence-corrected chi connectivity index (χ2v) is 6.11. The van der Waals surface area contributed by atoms with E-state index >= 15 is 0 Å². The molecule has 2 heterocycles. The number of carbonyl (C=O) groups is 1. The molecule has 0 atom stereocenters. The summed E-state index contributed by atoms with van der Waals surface area (Å²) in [6.45, 7) is 0. The van der Waals surface area contributed by atoms with Gasteiger partial charge in [-0.15, -0.1) is 0 Å². The summed E-state index contributed by atoms with van der Waals surface area (Å²) in [7, 11) is -0.493. The highest BCUT2D eigenvalue weighted by Gasteiger charge is 2.19. The van der Waals surface area contributed by atoms with Crippen LogP contribution in [-0.4, -0.2) is 21.6 Å². The number of aromatic hydroxyl groups is 1. The minimum Gasteiger partial charge on any atom is -0.494 e. The van der Waals surface area contributed by atoms with Crippen LogP contribution in [0.1, 0.15) is 10.4 Å². The number of hydrogen-bond acceptors (Lipinski definition) is 2. The van der Waals surface area contributed by atoms with E-state index in [1.165, 1.54) is 0 Å². The minimum atomic E-state index is -0.493. The van der Waals surface area contributed by atoms with Gasteiger partial charge in [-0.2, -0.15) is 0 Å². The lowest BCUT2D eigenvalue weighted by atomic mass is 10.1. The molecule has 0 saturated carbocycles. The van der Waals surface area contributed by atoms with Crippen molar-refractivity contribution >= 4 is 27.6 Å². The molecule has 0 aliphatic carbocycles. The molecule has 0 spiro atoms. The summed E-state index contributed by atoms with van der Waals surface area (Å²) < 4.78 is 0. The number of aromatic amines is 1. The number of rotatable bonds is 3. The van der Waals surface area contributed by atoms with Crippen LogP contribution in [-0.2, 0) is 0 Å². The zero-order valence-corrected chi connectivity index (χ0v) is 10.5. The molecule has 1 aromatic heterocycles. The molecular weight excluding hydrogens is 246 g/mol. The number of Topliss-reactive ketones (excluding diaryl/α,β-unsaturated/α-hetero) is 1. The molecule has 92 valence electrons. The van der Waals surface area contributed by atoms with E-state index in [-0.39, 0.29) is 11.7 Å². The number of para-hydroxylation sites is 1. The molecule has 1 aromatic carbocycles. The van der Waals surface area contributed by atoms with Crippen LogP contribution in [0.5, 0.6) is 5.88 Å². The van der Waals surface area contributed by atoms with Gasteiger partial charge in [-0.1, -0.05) is 30.4 Å². The first-order valence-electron chi connectivity index (χ1n) is 5.69. The standard InChI is InChI=1S/C14H13NO2S/c16-12(9-18-7-3-4-8-18)13-10-5-1-2-6-11(10)15-14(13)17/h1-8,15,17-18H,9H2. The Labute approximate surface area is 107 Å². The van der Waals surface area contributed by atoms with Gasteiger partial charge in [0.25, 0.3) is 0 Å². The van der Waals surface area contributed by atoms with Crippen LogP contribution in [0.15, 0.2) is 47.2 Å². The van der Waals surface area contributed by atoms with Crippen molar-refractivity contribution < 1.29 is 9.90 Å². The minimum absolute atomic E-state index is 0.00717. The normalized spacial score (nSPS) is 15.7. The van der Waals surface area contributed by atoms with Gasteiger partial charge < -0.3 is 10.1 Å². The number of ketones is 1. The van der Waals surface area contributed by atoms with Crippen LogP contribution in [0.3, 0.4) is 0 Å². The molecule has 1 aliphatic rings. The number of hydrogen-bond donors (Lipinski definition) is 3. The average molecular weight is 259 g/mol. The fourth-order valence-corrected chi connectivity index (χ4v) is 3.57. The van der Waals surface area contributed by atoms with Crippen LogP contribution in [0.2, 0.25) is 0 Å². The Bertz CT molecular complexity index is 657. The molecule has 0 bridgehead atoms. The number of aromatic nitrogens is 1. The average Bonchev–Trinajstić information content (AvgIpc) is 2.94. The molecule has 2 aromatic rings. The third-order valence-electron chi connectivity index (χ3n) is 2.96. The topological polar surface area (TPSA) is 53.1 Å².